The summed E-state index contributed by atoms with van der Waals surface area (Å²) in [7, 11) is 1.80. The van der Waals surface area contributed by atoms with Crippen molar-refractivity contribution in [2.75, 3.05) is 13.6 Å². The molecule has 6 heteroatoms. The Morgan fingerprint density at radius 2 is 2.16 bits per heavy atom. The van der Waals surface area contributed by atoms with Gasteiger partial charge in [-0.2, -0.15) is 0 Å². The first-order chi connectivity index (χ1) is 8.61. The molecule has 1 heterocycles. The van der Waals surface area contributed by atoms with E-state index in [0.29, 0.717) is 0 Å². The summed E-state index contributed by atoms with van der Waals surface area (Å²) in [5.41, 5.74) is 0. The third-order valence-corrected chi connectivity index (χ3v) is 3.46. The maximum Gasteiger partial charge on any atom is 0.191 e. The second kappa shape index (κ2) is 10.4. The van der Waals surface area contributed by atoms with Crippen LogP contribution in [0.25, 0.3) is 0 Å². The van der Waals surface area contributed by atoms with Crippen LogP contribution in [-0.4, -0.2) is 24.5 Å². The fraction of sp³-hybridized carbons (Fsp3) is 0.692. The van der Waals surface area contributed by atoms with Crippen LogP contribution in [0.2, 0.25) is 0 Å². The van der Waals surface area contributed by atoms with Crippen LogP contribution >= 0.6 is 35.3 Å². The van der Waals surface area contributed by atoms with Crippen molar-refractivity contribution in [3.63, 3.8) is 0 Å². The zero-order valence-corrected chi connectivity index (χ0v) is 15.3. The number of halogens is 1. The van der Waals surface area contributed by atoms with Gasteiger partial charge in [0.25, 0.3) is 0 Å². The first-order valence-electron chi connectivity index (χ1n) is 6.47. The second-order valence-electron chi connectivity index (χ2n) is 4.75. The molecule has 0 aromatic carbocycles. The van der Waals surface area contributed by atoms with Crippen molar-refractivity contribution >= 4 is 41.3 Å². The summed E-state index contributed by atoms with van der Waals surface area (Å²) in [5, 5.41) is 7.69. The molecule has 1 aromatic rings. The lowest BCUT2D eigenvalue weighted by Crippen LogP contribution is -2.37. The lowest BCUT2D eigenvalue weighted by molar-refractivity contribution is 0.549. The van der Waals surface area contributed by atoms with Gasteiger partial charge in [-0.05, 0) is 25.7 Å². The molecular formula is C13H25IN4S. The predicted molar refractivity (Wildman–Crippen MR) is 94.5 cm³/mol. The number of nitrogens with one attached hydrogen (secondary N) is 2. The molecule has 0 bridgehead atoms. The topological polar surface area (TPSA) is 49.3 Å². The highest BCUT2D eigenvalue weighted by atomic mass is 127. The second-order valence-corrected chi connectivity index (χ2v) is 6.07. The number of rotatable bonds is 6. The lowest BCUT2D eigenvalue weighted by Gasteiger charge is -2.11. The van der Waals surface area contributed by atoms with E-state index in [1.807, 2.05) is 6.20 Å². The van der Waals surface area contributed by atoms with E-state index in [1.165, 1.54) is 17.7 Å². The van der Waals surface area contributed by atoms with Crippen LogP contribution in [0.5, 0.6) is 0 Å². The summed E-state index contributed by atoms with van der Waals surface area (Å²) in [6, 6.07) is 0. The summed E-state index contributed by atoms with van der Waals surface area (Å²) >= 11 is 1.72. The first kappa shape index (κ1) is 18.6. The molecule has 0 aliphatic carbocycles. The zero-order chi connectivity index (χ0) is 13.4. The number of aryl methyl sites for hydroxylation is 1. The van der Waals surface area contributed by atoms with E-state index in [4.69, 9.17) is 0 Å². The van der Waals surface area contributed by atoms with E-state index in [1.54, 1.807) is 18.4 Å². The van der Waals surface area contributed by atoms with Crippen molar-refractivity contribution in [3.05, 3.63) is 16.1 Å². The molecule has 0 atom stereocenters. The van der Waals surface area contributed by atoms with Crippen LogP contribution in [-0.2, 0) is 6.54 Å². The zero-order valence-electron chi connectivity index (χ0n) is 12.2. The third kappa shape index (κ3) is 8.41. The Hall–Kier alpha value is -0.370. The van der Waals surface area contributed by atoms with Crippen molar-refractivity contribution in [3.8, 4) is 0 Å². The first-order valence-corrected chi connectivity index (χ1v) is 7.29. The molecule has 110 valence electrons. The number of hydrogen-bond donors (Lipinski definition) is 2. The number of nitrogens with zero attached hydrogens (tertiary/aromatic N) is 2. The van der Waals surface area contributed by atoms with Crippen LogP contribution in [0.1, 0.15) is 36.6 Å². The lowest BCUT2D eigenvalue weighted by atomic mass is 10.1. The van der Waals surface area contributed by atoms with Crippen LogP contribution in [0, 0.1) is 12.8 Å². The van der Waals surface area contributed by atoms with E-state index in [2.05, 4.69) is 41.4 Å². The van der Waals surface area contributed by atoms with Gasteiger partial charge in [0.1, 0.15) is 5.01 Å². The van der Waals surface area contributed by atoms with Crippen LogP contribution < -0.4 is 10.6 Å². The van der Waals surface area contributed by atoms with Gasteiger partial charge in [-0.25, -0.2) is 4.98 Å². The highest BCUT2D eigenvalue weighted by Gasteiger charge is 2.01. The fourth-order valence-corrected chi connectivity index (χ4v) is 2.31. The summed E-state index contributed by atoms with van der Waals surface area (Å²) in [6.07, 6.45) is 4.32. The molecule has 1 aromatic heterocycles. The van der Waals surface area contributed by atoms with Gasteiger partial charge >= 0.3 is 0 Å². The molecule has 0 unspecified atom stereocenters. The number of hydrogen-bond acceptors (Lipinski definition) is 3. The van der Waals surface area contributed by atoms with Gasteiger partial charge in [0.05, 0.1) is 6.54 Å². The minimum atomic E-state index is 0. The number of aromatic nitrogens is 1. The molecule has 19 heavy (non-hydrogen) atoms. The maximum atomic E-state index is 4.31. The quantitative estimate of drug-likeness (QED) is 0.336. The molecule has 0 fully saturated rings. The minimum Gasteiger partial charge on any atom is -0.356 e. The van der Waals surface area contributed by atoms with Crippen molar-refractivity contribution < 1.29 is 0 Å². The molecule has 0 radical (unpaired) electrons. The molecular weight excluding hydrogens is 371 g/mol. The largest absolute Gasteiger partial charge is 0.356 e. The maximum absolute atomic E-state index is 4.31. The Labute approximate surface area is 137 Å². The van der Waals surface area contributed by atoms with E-state index >= 15 is 0 Å². The van der Waals surface area contributed by atoms with Gasteiger partial charge in [-0.3, -0.25) is 4.99 Å². The van der Waals surface area contributed by atoms with Crippen molar-refractivity contribution in [1.29, 1.82) is 0 Å². The molecule has 1 rings (SSSR count). The number of guanidine groups is 1. The van der Waals surface area contributed by atoms with E-state index in [-0.39, 0.29) is 24.0 Å². The molecule has 0 aliphatic heterocycles. The Balaban J connectivity index is 0.00000324. The number of thiazole rings is 1. The fourth-order valence-electron chi connectivity index (χ4n) is 1.58. The average Bonchev–Trinajstić information content (AvgIpc) is 2.74. The highest BCUT2D eigenvalue weighted by Crippen LogP contribution is 2.10. The molecule has 0 spiro atoms. The van der Waals surface area contributed by atoms with Crippen LogP contribution in [0.15, 0.2) is 11.2 Å². The van der Waals surface area contributed by atoms with Gasteiger partial charge in [0.15, 0.2) is 5.96 Å². The van der Waals surface area contributed by atoms with Gasteiger partial charge in [0, 0.05) is 24.7 Å². The number of aliphatic imine (C=N–C) groups is 1. The Morgan fingerprint density at radius 1 is 1.42 bits per heavy atom. The smallest absolute Gasteiger partial charge is 0.191 e. The van der Waals surface area contributed by atoms with Crippen molar-refractivity contribution in [1.82, 2.24) is 15.6 Å². The molecule has 0 saturated heterocycles. The van der Waals surface area contributed by atoms with E-state index in [0.717, 1.165) is 30.0 Å². The SMILES string of the molecule is CN=C(NCCCC(C)C)NCc1ncc(C)s1.I. The van der Waals surface area contributed by atoms with Gasteiger partial charge < -0.3 is 10.6 Å². The Kier molecular flexibility index (Phi) is 10.2. The third-order valence-electron chi connectivity index (χ3n) is 2.55. The predicted octanol–water partition coefficient (Wildman–Crippen LogP) is 3.17. The van der Waals surface area contributed by atoms with Crippen LogP contribution in [0.3, 0.4) is 0 Å². The molecule has 4 nitrogen and oxygen atoms in total. The molecule has 0 saturated carbocycles. The average molecular weight is 396 g/mol. The van der Waals surface area contributed by atoms with E-state index in [9.17, 15) is 0 Å². The summed E-state index contributed by atoms with van der Waals surface area (Å²) in [4.78, 5) is 9.76. The summed E-state index contributed by atoms with van der Waals surface area (Å²) in [6.45, 7) is 8.27. The minimum absolute atomic E-state index is 0. The van der Waals surface area contributed by atoms with E-state index < -0.39 is 0 Å². The van der Waals surface area contributed by atoms with Crippen LogP contribution in [0.4, 0.5) is 0 Å². The van der Waals surface area contributed by atoms with Crippen molar-refractivity contribution in [2.45, 2.75) is 40.2 Å². The standard InChI is InChI=1S/C13H24N4S.HI/c1-10(2)6-5-7-15-13(14-4)17-9-12-16-8-11(3)18-12;/h8,10H,5-7,9H2,1-4H3,(H2,14,15,17);1H. The Morgan fingerprint density at radius 3 is 2.68 bits per heavy atom. The summed E-state index contributed by atoms with van der Waals surface area (Å²) in [5.74, 6) is 1.62. The van der Waals surface area contributed by atoms with Gasteiger partial charge in [-0.15, -0.1) is 35.3 Å². The monoisotopic (exact) mass is 396 g/mol. The Bertz CT molecular complexity index is 376. The normalized spacial score (nSPS) is 11.3. The molecule has 0 aliphatic rings. The van der Waals surface area contributed by atoms with Crippen molar-refractivity contribution in [2.24, 2.45) is 10.9 Å². The molecule has 0 amide bonds. The highest BCUT2D eigenvalue weighted by molar-refractivity contribution is 14.0. The van der Waals surface area contributed by atoms with Gasteiger partial charge in [-0.1, -0.05) is 13.8 Å². The summed E-state index contributed by atoms with van der Waals surface area (Å²) < 4.78 is 0. The van der Waals surface area contributed by atoms with Gasteiger partial charge in [0.2, 0.25) is 0 Å². The molecule has 2 N–H and O–H groups in total.